The number of rotatable bonds is 5. The maximum absolute atomic E-state index is 5.33. The van der Waals surface area contributed by atoms with E-state index in [1.807, 2.05) is 12.1 Å². The molecule has 0 aliphatic carbocycles. The Morgan fingerprint density at radius 1 is 1.26 bits per heavy atom. The molecule has 1 aromatic heterocycles. The van der Waals surface area contributed by atoms with Crippen molar-refractivity contribution in [1.29, 1.82) is 0 Å². The van der Waals surface area contributed by atoms with Gasteiger partial charge < -0.3 is 10.1 Å². The Bertz CT molecular complexity index is 556. The van der Waals surface area contributed by atoms with E-state index in [4.69, 9.17) is 4.74 Å². The van der Waals surface area contributed by atoms with Crippen LogP contribution < -0.4 is 10.1 Å². The second-order valence-electron chi connectivity index (χ2n) is 4.01. The molecule has 0 saturated carbocycles. The summed E-state index contributed by atoms with van der Waals surface area (Å²) in [6, 6.07) is 8.30. The van der Waals surface area contributed by atoms with Crippen molar-refractivity contribution in [1.82, 2.24) is 5.32 Å². The van der Waals surface area contributed by atoms with Crippen LogP contribution in [0, 0.1) is 0 Å². The van der Waals surface area contributed by atoms with Crippen molar-refractivity contribution in [2.45, 2.75) is 13.0 Å². The van der Waals surface area contributed by atoms with E-state index in [0.717, 1.165) is 21.2 Å². The fourth-order valence-corrected chi connectivity index (χ4v) is 4.10. The van der Waals surface area contributed by atoms with E-state index in [9.17, 15) is 0 Å². The first-order valence-electron chi connectivity index (χ1n) is 5.97. The van der Waals surface area contributed by atoms with Crippen LogP contribution in [-0.4, -0.2) is 13.7 Å². The van der Waals surface area contributed by atoms with E-state index in [1.54, 1.807) is 18.4 Å². The first-order chi connectivity index (χ1) is 9.17. The smallest absolute Gasteiger partial charge is 0.119 e. The van der Waals surface area contributed by atoms with E-state index in [2.05, 4.69) is 61.6 Å². The Morgan fingerprint density at radius 3 is 2.63 bits per heavy atom. The average Bonchev–Trinajstić information content (AvgIpc) is 2.83. The minimum absolute atomic E-state index is 0.156. The summed E-state index contributed by atoms with van der Waals surface area (Å²) >= 11 is 9.00. The van der Waals surface area contributed by atoms with Gasteiger partial charge in [-0.1, -0.05) is 22.9 Å². The molecule has 0 spiro atoms. The topological polar surface area (TPSA) is 21.3 Å². The molecular weight excluding hydrogens is 390 g/mol. The number of hydrogen-bond acceptors (Lipinski definition) is 3. The number of nitrogens with one attached hydrogen (secondary N) is 1. The van der Waals surface area contributed by atoms with Gasteiger partial charge in [0.1, 0.15) is 5.75 Å². The lowest BCUT2D eigenvalue weighted by atomic mass is 10.0. The van der Waals surface area contributed by atoms with E-state index in [0.29, 0.717) is 0 Å². The van der Waals surface area contributed by atoms with E-state index in [-0.39, 0.29) is 6.04 Å². The quantitative estimate of drug-likeness (QED) is 0.758. The van der Waals surface area contributed by atoms with Gasteiger partial charge in [-0.2, -0.15) is 0 Å². The highest BCUT2D eigenvalue weighted by molar-refractivity contribution is 9.10. The maximum atomic E-state index is 5.33. The summed E-state index contributed by atoms with van der Waals surface area (Å²) in [6.45, 7) is 3.02. The summed E-state index contributed by atoms with van der Waals surface area (Å²) in [5, 5.41) is 5.62. The number of ether oxygens (including phenoxy) is 1. The molecule has 0 aliphatic heterocycles. The van der Waals surface area contributed by atoms with E-state index < -0.39 is 0 Å². The van der Waals surface area contributed by atoms with Crippen LogP contribution in [0.25, 0.3) is 0 Å². The van der Waals surface area contributed by atoms with Gasteiger partial charge in [-0.25, -0.2) is 0 Å². The molecule has 5 heteroatoms. The Balaban J connectivity index is 2.47. The largest absolute Gasteiger partial charge is 0.497 e. The summed E-state index contributed by atoms with van der Waals surface area (Å²) < 4.78 is 7.55. The molecular formula is C14H15Br2NOS. The summed E-state index contributed by atoms with van der Waals surface area (Å²) in [5.41, 5.74) is 1.18. The van der Waals surface area contributed by atoms with Crippen LogP contribution in [0.1, 0.15) is 23.4 Å². The third-order valence-corrected chi connectivity index (χ3v) is 5.49. The predicted molar refractivity (Wildman–Crippen MR) is 88.2 cm³/mol. The van der Waals surface area contributed by atoms with Crippen molar-refractivity contribution in [2.24, 2.45) is 0 Å². The van der Waals surface area contributed by atoms with Gasteiger partial charge >= 0.3 is 0 Å². The highest BCUT2D eigenvalue weighted by atomic mass is 79.9. The lowest BCUT2D eigenvalue weighted by Crippen LogP contribution is -2.21. The highest BCUT2D eigenvalue weighted by Crippen LogP contribution is 2.37. The SMILES string of the molecule is CCNC(c1cc(OC)ccc1Br)c1sccc1Br. The van der Waals surface area contributed by atoms with Crippen molar-refractivity contribution >= 4 is 43.2 Å². The third-order valence-electron chi connectivity index (χ3n) is 2.83. The summed E-state index contributed by atoms with van der Waals surface area (Å²) in [7, 11) is 1.69. The minimum atomic E-state index is 0.156. The van der Waals surface area contributed by atoms with Crippen LogP contribution in [0.4, 0.5) is 0 Å². The van der Waals surface area contributed by atoms with Crippen molar-refractivity contribution in [3.05, 3.63) is 49.0 Å². The number of hydrogen-bond donors (Lipinski definition) is 1. The molecule has 1 aromatic carbocycles. The van der Waals surface area contributed by atoms with Gasteiger partial charge in [-0.05, 0) is 57.7 Å². The summed E-state index contributed by atoms with van der Waals surface area (Å²) in [6.07, 6.45) is 0. The number of halogens is 2. The van der Waals surface area contributed by atoms with Crippen LogP contribution in [-0.2, 0) is 0 Å². The zero-order valence-corrected chi connectivity index (χ0v) is 14.7. The summed E-state index contributed by atoms with van der Waals surface area (Å²) in [4.78, 5) is 1.27. The molecule has 2 aromatic rings. The normalized spacial score (nSPS) is 12.4. The molecule has 0 fully saturated rings. The molecule has 19 heavy (non-hydrogen) atoms. The predicted octanol–water partition coefficient (Wildman–Crippen LogP) is 4.98. The Hall–Kier alpha value is -0.360. The molecule has 0 amide bonds. The summed E-state index contributed by atoms with van der Waals surface area (Å²) in [5.74, 6) is 0.869. The van der Waals surface area contributed by atoms with Crippen molar-refractivity contribution < 1.29 is 4.74 Å². The molecule has 2 nitrogen and oxygen atoms in total. The molecule has 1 heterocycles. The standard InChI is InChI=1S/C14H15Br2NOS/c1-3-17-13(14-12(16)6-7-19-14)10-8-9(18-2)4-5-11(10)15/h4-8,13,17H,3H2,1-2H3. The Kier molecular flexibility index (Phi) is 5.45. The van der Waals surface area contributed by atoms with Crippen LogP contribution in [0.15, 0.2) is 38.6 Å². The maximum Gasteiger partial charge on any atom is 0.119 e. The van der Waals surface area contributed by atoms with Crippen LogP contribution >= 0.6 is 43.2 Å². The molecule has 102 valence electrons. The lowest BCUT2D eigenvalue weighted by Gasteiger charge is -2.20. The fraction of sp³-hybridized carbons (Fsp3) is 0.286. The second-order valence-corrected chi connectivity index (χ2v) is 6.67. The van der Waals surface area contributed by atoms with Crippen molar-refractivity contribution in [2.75, 3.05) is 13.7 Å². The fourth-order valence-electron chi connectivity index (χ4n) is 1.93. The number of benzene rings is 1. The first-order valence-corrected chi connectivity index (χ1v) is 8.43. The van der Waals surface area contributed by atoms with Gasteiger partial charge in [0.15, 0.2) is 0 Å². The monoisotopic (exact) mass is 403 g/mol. The highest BCUT2D eigenvalue weighted by Gasteiger charge is 2.20. The molecule has 1 atom stereocenters. The average molecular weight is 405 g/mol. The van der Waals surface area contributed by atoms with E-state index >= 15 is 0 Å². The van der Waals surface area contributed by atoms with Crippen LogP contribution in [0.3, 0.4) is 0 Å². The van der Waals surface area contributed by atoms with E-state index in [1.165, 1.54) is 10.4 Å². The van der Waals surface area contributed by atoms with Crippen LogP contribution in [0.2, 0.25) is 0 Å². The first kappa shape index (κ1) is 15.0. The number of thiophene rings is 1. The lowest BCUT2D eigenvalue weighted by molar-refractivity contribution is 0.413. The molecule has 0 radical (unpaired) electrons. The van der Waals surface area contributed by atoms with Gasteiger partial charge in [0.25, 0.3) is 0 Å². The zero-order valence-electron chi connectivity index (χ0n) is 10.7. The molecule has 1 unspecified atom stereocenters. The van der Waals surface area contributed by atoms with Crippen LogP contribution in [0.5, 0.6) is 5.75 Å². The Labute approximate surface area is 134 Å². The molecule has 0 bridgehead atoms. The second kappa shape index (κ2) is 6.88. The van der Waals surface area contributed by atoms with Gasteiger partial charge in [0.05, 0.1) is 13.2 Å². The van der Waals surface area contributed by atoms with Gasteiger partial charge in [0, 0.05) is 13.8 Å². The van der Waals surface area contributed by atoms with Gasteiger partial charge in [-0.15, -0.1) is 11.3 Å². The molecule has 2 rings (SSSR count). The Morgan fingerprint density at radius 2 is 2.05 bits per heavy atom. The van der Waals surface area contributed by atoms with Crippen molar-refractivity contribution in [3.8, 4) is 5.75 Å². The van der Waals surface area contributed by atoms with Gasteiger partial charge in [0.2, 0.25) is 0 Å². The molecule has 1 N–H and O–H groups in total. The van der Waals surface area contributed by atoms with Gasteiger partial charge in [-0.3, -0.25) is 0 Å². The third kappa shape index (κ3) is 3.40. The molecule has 0 aliphatic rings. The molecule has 0 saturated heterocycles. The minimum Gasteiger partial charge on any atom is -0.497 e. The van der Waals surface area contributed by atoms with Crippen molar-refractivity contribution in [3.63, 3.8) is 0 Å². The number of methoxy groups -OCH3 is 1. The zero-order chi connectivity index (χ0) is 13.8.